The summed E-state index contributed by atoms with van der Waals surface area (Å²) >= 11 is 1.81. The van der Waals surface area contributed by atoms with Crippen LogP contribution in [0.25, 0.3) is 108 Å². The van der Waals surface area contributed by atoms with Gasteiger partial charge in [0.2, 0.25) is 0 Å². The number of thiophene rings is 1. The van der Waals surface area contributed by atoms with Gasteiger partial charge in [0.05, 0.1) is 5.56 Å². The predicted octanol–water partition coefficient (Wildman–Crippen LogP) is 16.4. The molecule has 11 rings (SSSR count). The average Bonchev–Trinajstić information content (AvgIpc) is 3.63. The van der Waals surface area contributed by atoms with Crippen molar-refractivity contribution in [1.29, 1.82) is 0 Å². The Morgan fingerprint density at radius 3 is 1.21 bits per heavy atom. The molecule has 0 amide bonds. The van der Waals surface area contributed by atoms with Gasteiger partial charge >= 0.3 is 6.18 Å². The molecule has 0 saturated heterocycles. The van der Waals surface area contributed by atoms with Crippen molar-refractivity contribution in [2.45, 2.75) is 6.18 Å². The third-order valence-electron chi connectivity index (χ3n) is 11.5. The highest BCUT2D eigenvalue weighted by Crippen LogP contribution is 2.50. The number of halogens is 3. The van der Waals surface area contributed by atoms with Gasteiger partial charge in [-0.2, -0.15) is 13.2 Å². The molecule has 11 aromatic rings. The summed E-state index contributed by atoms with van der Waals surface area (Å²) in [7, 11) is 0. The van der Waals surface area contributed by atoms with Gasteiger partial charge in [0, 0.05) is 25.7 Å². The summed E-state index contributed by atoms with van der Waals surface area (Å²) in [4.78, 5) is 0. The highest BCUT2D eigenvalue weighted by Gasteiger charge is 2.30. The molecule has 1 aromatic heterocycles. The second-order valence-electron chi connectivity index (χ2n) is 14.6. The fourth-order valence-corrected chi connectivity index (χ4v) is 10.3. The summed E-state index contributed by atoms with van der Waals surface area (Å²) in [6, 6.07) is 63.9. The fourth-order valence-electron chi connectivity index (χ4n) is 9.06. The largest absolute Gasteiger partial charge is 0.416 e. The van der Waals surface area contributed by atoms with E-state index in [-0.39, 0.29) is 0 Å². The SMILES string of the molecule is FC(F)(F)c1ccc(-c2c3ccccc3c(-c3cccc4c3sc3ccc(-c5c6ccccc6c(-c6ccccc6)c6ccccc56)cc34)c3ccccc23)cc1. The van der Waals surface area contributed by atoms with E-state index < -0.39 is 11.7 Å². The molecule has 0 unspecified atom stereocenters. The van der Waals surface area contributed by atoms with Crippen molar-refractivity contribution >= 4 is 74.6 Å². The molecule has 0 aliphatic heterocycles. The lowest BCUT2D eigenvalue weighted by Crippen LogP contribution is -2.04. The third kappa shape index (κ3) is 5.28. The quantitative estimate of drug-likeness (QED) is 0.157. The number of hydrogen-bond acceptors (Lipinski definition) is 1. The first-order chi connectivity index (χ1) is 27.9. The topological polar surface area (TPSA) is 0 Å². The van der Waals surface area contributed by atoms with E-state index in [1.54, 1.807) is 12.1 Å². The molecule has 1 heterocycles. The third-order valence-corrected chi connectivity index (χ3v) is 12.7. The van der Waals surface area contributed by atoms with Crippen molar-refractivity contribution in [3.05, 3.63) is 194 Å². The smallest absolute Gasteiger partial charge is 0.166 e. The lowest BCUT2D eigenvalue weighted by Gasteiger charge is -2.18. The fraction of sp³-hybridized carbons (Fsp3) is 0.0189. The Bertz CT molecular complexity index is 3260. The van der Waals surface area contributed by atoms with Gasteiger partial charge in [0.1, 0.15) is 0 Å². The Hall–Kier alpha value is -6.75. The van der Waals surface area contributed by atoms with Crippen LogP contribution in [0, 0.1) is 0 Å². The zero-order valence-corrected chi connectivity index (χ0v) is 31.3. The van der Waals surface area contributed by atoms with Gasteiger partial charge in [-0.25, -0.2) is 0 Å². The van der Waals surface area contributed by atoms with Crippen molar-refractivity contribution in [2.24, 2.45) is 0 Å². The molecule has 0 N–H and O–H groups in total. The average molecular weight is 757 g/mol. The van der Waals surface area contributed by atoms with Crippen LogP contribution in [0.15, 0.2) is 188 Å². The van der Waals surface area contributed by atoms with E-state index in [2.05, 4.69) is 140 Å². The normalized spacial score (nSPS) is 12.1. The maximum atomic E-state index is 13.6. The minimum Gasteiger partial charge on any atom is -0.166 e. The standard InChI is InChI=1S/C53H31F3S/c54-53(55,56)35-28-25-33(26-29-35)49-40-19-8-10-21-42(40)51(43-22-11-9-20-41(43)49)45-24-12-23-44-46-31-34(27-30-47(46)57-52(44)45)50-38-17-6-4-15-36(38)48(32-13-2-1-3-14-32)37-16-5-7-18-39(37)50/h1-31H. The summed E-state index contributed by atoms with van der Waals surface area (Å²) in [5, 5.41) is 11.5. The number of fused-ring (bicyclic) bond motifs is 7. The molecule has 0 saturated carbocycles. The Kier molecular flexibility index (Phi) is 7.60. The van der Waals surface area contributed by atoms with Gasteiger partial charge in [-0.15, -0.1) is 11.3 Å². The summed E-state index contributed by atoms with van der Waals surface area (Å²) in [6.45, 7) is 0. The highest BCUT2D eigenvalue weighted by molar-refractivity contribution is 7.26. The van der Waals surface area contributed by atoms with Crippen LogP contribution >= 0.6 is 11.3 Å². The Morgan fingerprint density at radius 1 is 0.316 bits per heavy atom. The first kappa shape index (κ1) is 33.6. The van der Waals surface area contributed by atoms with Crippen molar-refractivity contribution in [3.63, 3.8) is 0 Å². The molecule has 57 heavy (non-hydrogen) atoms. The molecular formula is C53H31F3S. The second kappa shape index (κ2) is 12.9. The van der Waals surface area contributed by atoms with Crippen molar-refractivity contribution in [1.82, 2.24) is 0 Å². The zero-order chi connectivity index (χ0) is 38.3. The molecular weight excluding hydrogens is 726 g/mol. The molecule has 0 spiro atoms. The minimum absolute atomic E-state index is 0.651. The molecule has 10 aromatic carbocycles. The maximum absolute atomic E-state index is 13.6. The Morgan fingerprint density at radius 2 is 0.719 bits per heavy atom. The number of alkyl halides is 3. The number of hydrogen-bond donors (Lipinski definition) is 0. The van der Waals surface area contributed by atoms with Gasteiger partial charge in [-0.05, 0) is 106 Å². The van der Waals surface area contributed by atoms with Crippen LogP contribution in [-0.4, -0.2) is 0 Å². The van der Waals surface area contributed by atoms with Crippen LogP contribution in [0.3, 0.4) is 0 Å². The minimum atomic E-state index is -4.40. The molecule has 0 radical (unpaired) electrons. The highest BCUT2D eigenvalue weighted by atomic mass is 32.1. The zero-order valence-electron chi connectivity index (χ0n) is 30.4. The van der Waals surface area contributed by atoms with Gasteiger partial charge in [-0.1, -0.05) is 164 Å². The van der Waals surface area contributed by atoms with E-state index >= 15 is 0 Å². The molecule has 270 valence electrons. The van der Waals surface area contributed by atoms with Crippen LogP contribution in [0.4, 0.5) is 13.2 Å². The second-order valence-corrected chi connectivity index (χ2v) is 15.7. The van der Waals surface area contributed by atoms with Crippen molar-refractivity contribution < 1.29 is 13.2 Å². The predicted molar refractivity (Wildman–Crippen MR) is 236 cm³/mol. The van der Waals surface area contributed by atoms with Gasteiger partial charge in [-0.3, -0.25) is 0 Å². The summed E-state index contributed by atoms with van der Waals surface area (Å²) in [6.07, 6.45) is -4.40. The van der Waals surface area contributed by atoms with Gasteiger partial charge in [0.15, 0.2) is 0 Å². The van der Waals surface area contributed by atoms with Crippen LogP contribution < -0.4 is 0 Å². The number of benzene rings is 10. The summed E-state index contributed by atoms with van der Waals surface area (Å²) in [5.74, 6) is 0. The lowest BCUT2D eigenvalue weighted by molar-refractivity contribution is -0.137. The van der Waals surface area contributed by atoms with Crippen LogP contribution in [-0.2, 0) is 6.18 Å². The molecule has 0 nitrogen and oxygen atoms in total. The molecule has 0 fully saturated rings. The van der Waals surface area contributed by atoms with E-state index in [0.717, 1.165) is 43.8 Å². The first-order valence-corrected chi connectivity index (χ1v) is 19.8. The van der Waals surface area contributed by atoms with E-state index in [0.29, 0.717) is 0 Å². The van der Waals surface area contributed by atoms with Gasteiger partial charge in [0.25, 0.3) is 0 Å². The van der Waals surface area contributed by atoms with E-state index in [1.807, 2.05) is 35.6 Å². The Labute approximate surface area is 330 Å². The first-order valence-electron chi connectivity index (χ1n) is 19.0. The van der Waals surface area contributed by atoms with Crippen LogP contribution in [0.5, 0.6) is 0 Å². The van der Waals surface area contributed by atoms with Crippen LogP contribution in [0.1, 0.15) is 5.56 Å². The Balaban J connectivity index is 1.15. The lowest BCUT2D eigenvalue weighted by atomic mass is 9.85. The molecule has 4 heteroatoms. The maximum Gasteiger partial charge on any atom is 0.416 e. The molecule has 0 aliphatic rings. The summed E-state index contributed by atoms with van der Waals surface area (Å²) < 4.78 is 43.2. The van der Waals surface area contributed by atoms with E-state index in [1.165, 1.54) is 76.1 Å². The van der Waals surface area contributed by atoms with Crippen molar-refractivity contribution in [2.75, 3.05) is 0 Å². The molecule has 0 atom stereocenters. The van der Waals surface area contributed by atoms with Crippen LogP contribution in [0.2, 0.25) is 0 Å². The number of rotatable bonds is 4. The molecule has 0 bridgehead atoms. The molecule has 0 aliphatic carbocycles. The summed E-state index contributed by atoms with van der Waals surface area (Å²) in [5.41, 5.74) is 8.17. The monoisotopic (exact) mass is 756 g/mol. The van der Waals surface area contributed by atoms with E-state index in [9.17, 15) is 13.2 Å². The van der Waals surface area contributed by atoms with E-state index in [4.69, 9.17) is 0 Å². The van der Waals surface area contributed by atoms with Gasteiger partial charge < -0.3 is 0 Å². The van der Waals surface area contributed by atoms with Crippen molar-refractivity contribution in [3.8, 4) is 44.5 Å².